The summed E-state index contributed by atoms with van der Waals surface area (Å²) in [7, 11) is -4.58. The molecule has 1 amide bonds. The van der Waals surface area contributed by atoms with Gasteiger partial charge in [-0.3, -0.25) is 24.7 Å². The quantitative estimate of drug-likeness (QED) is 0.0575. The smallest absolute Gasteiger partial charge is 0.293 e. The topological polar surface area (TPSA) is 186 Å². The number of rotatable bonds is 15. The fourth-order valence-electron chi connectivity index (χ4n) is 15.6. The summed E-state index contributed by atoms with van der Waals surface area (Å²) >= 11 is 0. The Balaban J connectivity index is 0.729. The van der Waals surface area contributed by atoms with E-state index in [-0.39, 0.29) is 28.3 Å². The van der Waals surface area contributed by atoms with E-state index < -0.39 is 37.0 Å². The molecule has 16 heteroatoms. The number of aromatic nitrogens is 2. The minimum atomic E-state index is -4.58. The molecule has 2 aliphatic heterocycles. The van der Waals surface area contributed by atoms with Crippen LogP contribution in [0.5, 0.6) is 11.5 Å². The van der Waals surface area contributed by atoms with Gasteiger partial charge in [0, 0.05) is 87.3 Å². The zero-order chi connectivity index (χ0) is 52.5. The number of aliphatic hydroxyl groups is 1. The van der Waals surface area contributed by atoms with E-state index in [0.29, 0.717) is 48.8 Å². The van der Waals surface area contributed by atoms with Gasteiger partial charge in [0.05, 0.1) is 27.2 Å². The number of H-pyrrole nitrogens is 1. The third kappa shape index (κ3) is 10.4. The SMILES string of the molecule is CC(C)c1ccccc1[C@@H]1CN(CC2C3CC4CC(C3)CC2C4)CCN1C1CC2(CCN(c3ccc(C(=O)NS(=O)(=O)c4ccc(NC[C@H]5CC[C@](C)(O)CC5)c([N+](=O)[O-])c4)c(Oc4cnc5[nH]ccc5c4)c3)CC2)C1. The highest BCUT2D eigenvalue weighted by Crippen LogP contribution is 2.57. The molecular weight excluding hydrogens is 977 g/mol. The summed E-state index contributed by atoms with van der Waals surface area (Å²) < 4.78 is 36.4. The number of aromatic amines is 1. The summed E-state index contributed by atoms with van der Waals surface area (Å²) in [6, 6.07) is 22.7. The molecule has 8 fully saturated rings. The Morgan fingerprint density at radius 3 is 2.38 bits per heavy atom. The van der Waals surface area contributed by atoms with Crippen LogP contribution < -0.4 is 19.7 Å². The molecule has 4 heterocycles. The van der Waals surface area contributed by atoms with Crippen LogP contribution in [0.4, 0.5) is 17.1 Å². The summed E-state index contributed by atoms with van der Waals surface area (Å²) in [6.07, 6.45) is 18.1. The number of sulfonamides is 1. The lowest BCUT2D eigenvalue weighted by molar-refractivity contribution is -0.384. The van der Waals surface area contributed by atoms with Gasteiger partial charge >= 0.3 is 0 Å². The van der Waals surface area contributed by atoms with Crippen molar-refractivity contribution in [2.75, 3.05) is 56.0 Å². The van der Waals surface area contributed by atoms with Gasteiger partial charge in [-0.2, -0.15) is 0 Å². The molecule has 15 nitrogen and oxygen atoms in total. The van der Waals surface area contributed by atoms with Crippen molar-refractivity contribution in [2.45, 2.75) is 133 Å². The maximum absolute atomic E-state index is 14.2. The van der Waals surface area contributed by atoms with Crippen LogP contribution >= 0.6 is 0 Å². The first kappa shape index (κ1) is 51.2. The lowest BCUT2D eigenvalue weighted by Crippen LogP contribution is -2.61. The molecule has 8 aliphatic rings. The van der Waals surface area contributed by atoms with Crippen LogP contribution in [0, 0.1) is 51.0 Å². The normalized spacial score (nSPS) is 28.7. The monoisotopic (exact) mass is 1050 g/mol. The number of nitrogens with one attached hydrogen (secondary N) is 3. The summed E-state index contributed by atoms with van der Waals surface area (Å²) in [5.41, 5.74) is 3.86. The molecular formula is C60H76N8O7S. The number of piperidine rings is 1. The number of carbonyl (C=O) groups excluding carboxylic acids is 1. The van der Waals surface area contributed by atoms with Crippen LogP contribution in [0.3, 0.4) is 0 Å². The molecule has 6 aliphatic carbocycles. The highest BCUT2D eigenvalue weighted by Gasteiger charge is 2.52. The molecule has 5 aromatic rings. The van der Waals surface area contributed by atoms with Crippen molar-refractivity contribution in [2.24, 2.45) is 40.9 Å². The Kier molecular flexibility index (Phi) is 13.7. The highest BCUT2D eigenvalue weighted by molar-refractivity contribution is 7.90. The molecule has 6 saturated carbocycles. The average Bonchev–Trinajstić information content (AvgIpc) is 3.89. The van der Waals surface area contributed by atoms with E-state index in [1.807, 2.05) is 31.2 Å². The summed E-state index contributed by atoms with van der Waals surface area (Å²) in [5.74, 6) is 5.04. The number of ether oxygens (including phenoxy) is 1. The molecule has 2 saturated heterocycles. The minimum Gasteiger partial charge on any atom is -0.455 e. The molecule has 0 radical (unpaired) electrons. The van der Waals surface area contributed by atoms with Crippen molar-refractivity contribution in [3.63, 3.8) is 0 Å². The molecule has 76 heavy (non-hydrogen) atoms. The number of piperazine rings is 1. The van der Waals surface area contributed by atoms with Gasteiger partial charge < -0.3 is 25.0 Å². The Hall–Kier alpha value is -5.55. The maximum Gasteiger partial charge on any atom is 0.293 e. The van der Waals surface area contributed by atoms with Gasteiger partial charge in [-0.15, -0.1) is 0 Å². The lowest BCUT2D eigenvalue weighted by Gasteiger charge is -2.59. The van der Waals surface area contributed by atoms with E-state index in [2.05, 4.69) is 72.8 Å². The molecule has 4 N–H and O–H groups in total. The van der Waals surface area contributed by atoms with Gasteiger partial charge in [0.1, 0.15) is 22.8 Å². The lowest BCUT2D eigenvalue weighted by atomic mass is 9.52. The Morgan fingerprint density at radius 2 is 1.66 bits per heavy atom. The van der Waals surface area contributed by atoms with Gasteiger partial charge in [0.2, 0.25) is 0 Å². The first-order valence-electron chi connectivity index (χ1n) is 28.4. The third-order valence-corrected chi connectivity index (χ3v) is 21.0. The van der Waals surface area contributed by atoms with E-state index in [0.717, 1.165) is 105 Å². The Bertz CT molecular complexity index is 3050. The summed E-state index contributed by atoms with van der Waals surface area (Å²) in [4.78, 5) is 41.1. The third-order valence-electron chi connectivity index (χ3n) is 19.6. The van der Waals surface area contributed by atoms with Gasteiger partial charge in [-0.1, -0.05) is 38.1 Å². The number of anilines is 2. The van der Waals surface area contributed by atoms with Crippen molar-refractivity contribution in [1.29, 1.82) is 0 Å². The second-order valence-electron chi connectivity index (χ2n) is 25.0. The average molecular weight is 1050 g/mol. The first-order valence-corrected chi connectivity index (χ1v) is 29.9. The number of hydrogen-bond donors (Lipinski definition) is 4. The van der Waals surface area contributed by atoms with Crippen LogP contribution in [0.25, 0.3) is 11.0 Å². The van der Waals surface area contributed by atoms with E-state index in [4.69, 9.17) is 4.74 Å². The van der Waals surface area contributed by atoms with Crippen molar-refractivity contribution in [3.8, 4) is 11.5 Å². The summed E-state index contributed by atoms with van der Waals surface area (Å²) in [6.45, 7) is 13.3. The van der Waals surface area contributed by atoms with Crippen molar-refractivity contribution < 1.29 is 28.0 Å². The van der Waals surface area contributed by atoms with Gasteiger partial charge in [-0.25, -0.2) is 18.1 Å². The fourth-order valence-corrected chi connectivity index (χ4v) is 16.6. The molecule has 0 unspecified atom stereocenters. The van der Waals surface area contributed by atoms with Gasteiger partial charge in [-0.05, 0) is 185 Å². The number of amides is 1. The second-order valence-corrected chi connectivity index (χ2v) is 26.7. The Morgan fingerprint density at radius 1 is 0.921 bits per heavy atom. The molecule has 3 aromatic carbocycles. The van der Waals surface area contributed by atoms with Crippen molar-refractivity contribution in [1.82, 2.24) is 24.5 Å². The zero-order valence-corrected chi connectivity index (χ0v) is 45.3. The number of carbonyl (C=O) groups is 1. The fraction of sp³-hybridized carbons (Fsp3) is 0.567. The number of benzene rings is 3. The largest absolute Gasteiger partial charge is 0.455 e. The highest BCUT2D eigenvalue weighted by atomic mass is 32.2. The van der Waals surface area contributed by atoms with Crippen LogP contribution in [0.2, 0.25) is 0 Å². The van der Waals surface area contributed by atoms with Crippen LogP contribution in [-0.4, -0.2) is 102 Å². The van der Waals surface area contributed by atoms with E-state index in [9.17, 15) is 28.4 Å². The standard InChI is InChI=1S/C60H76N8O7S/c1-38(2)49-6-4-5-7-50(49)55-37-65(36-52-43-25-40-24-41(27-43)28-44(52)26-40)22-23-67(55)46-32-60(33-46)17-20-66(21-18-60)45-8-10-51(56(30-45)75-47-29-42-14-19-61-57(42)63-35-47)58(69)64-76(73,74)48-9-11-53(54(31-48)68(71)72)62-34-39-12-15-59(3,70)16-13-39/h4-11,14,19,29-31,35,38-41,43-44,46,52,55,62,70H,12-13,15-18,20-28,32-34,36-37H2,1-3H3,(H,61,63)(H,64,69)/t39-,40?,41?,43?,44?,52?,55-,59-/m0/s1. The second kappa shape index (κ2) is 20.4. The van der Waals surface area contributed by atoms with Gasteiger partial charge in [0.15, 0.2) is 0 Å². The molecule has 4 bridgehead atoms. The summed E-state index contributed by atoms with van der Waals surface area (Å²) in [5, 5.41) is 26.6. The predicted octanol–water partition coefficient (Wildman–Crippen LogP) is 11.0. The maximum atomic E-state index is 14.2. The van der Waals surface area contributed by atoms with E-state index in [1.165, 1.54) is 74.8 Å². The number of nitro benzene ring substituents is 1. The molecule has 13 rings (SSSR count). The van der Waals surface area contributed by atoms with Crippen molar-refractivity contribution >= 4 is 44.0 Å². The van der Waals surface area contributed by atoms with Crippen LogP contribution in [-0.2, 0) is 10.0 Å². The number of hydrogen-bond acceptors (Lipinski definition) is 12. The number of nitro groups is 1. The zero-order valence-electron chi connectivity index (χ0n) is 44.5. The van der Waals surface area contributed by atoms with Crippen LogP contribution in [0.15, 0.2) is 90.1 Å². The number of fused-ring (bicyclic) bond motifs is 1. The molecule has 2 aromatic heterocycles. The Labute approximate surface area is 447 Å². The predicted molar refractivity (Wildman–Crippen MR) is 295 cm³/mol. The molecule has 1 spiro atoms. The molecule has 404 valence electrons. The van der Waals surface area contributed by atoms with E-state index in [1.54, 1.807) is 18.5 Å². The molecule has 1 atom stereocenters. The van der Waals surface area contributed by atoms with E-state index >= 15 is 0 Å². The van der Waals surface area contributed by atoms with Crippen LogP contribution in [0.1, 0.15) is 138 Å². The van der Waals surface area contributed by atoms with Crippen molar-refractivity contribution in [3.05, 3.63) is 112 Å². The number of nitrogens with zero attached hydrogens (tertiary/aromatic N) is 5. The minimum absolute atomic E-state index is 0.0113. The van der Waals surface area contributed by atoms with Gasteiger partial charge in [0.25, 0.3) is 21.6 Å². The number of pyridine rings is 1. The first-order chi connectivity index (χ1) is 36.5.